The Bertz CT molecular complexity index is 1030. The number of nitriles is 1. The smallest absolute Gasteiger partial charge is 0.252 e. The maximum Gasteiger partial charge on any atom is 0.252 e. The molecule has 1 amide bonds. The molecule has 1 heterocycles. The van der Waals surface area contributed by atoms with E-state index in [0.717, 1.165) is 11.6 Å². The molecule has 1 atom stereocenters. The van der Waals surface area contributed by atoms with E-state index in [9.17, 15) is 9.18 Å². The Morgan fingerprint density at radius 2 is 1.96 bits per heavy atom. The predicted molar refractivity (Wildman–Crippen MR) is 103 cm³/mol. The SMILES string of the molecule is COc1ccc([C@H](NC(=O)c2ccc(C#N)c(F)c2)c2ccc(Cl)cn2)cc1. The van der Waals surface area contributed by atoms with E-state index >= 15 is 0 Å². The maximum atomic E-state index is 13.9. The Balaban J connectivity index is 1.94. The van der Waals surface area contributed by atoms with Crippen molar-refractivity contribution >= 4 is 17.5 Å². The number of rotatable bonds is 5. The van der Waals surface area contributed by atoms with Crippen molar-refractivity contribution in [2.24, 2.45) is 0 Å². The summed E-state index contributed by atoms with van der Waals surface area (Å²) in [5.74, 6) is -0.575. The summed E-state index contributed by atoms with van der Waals surface area (Å²) in [6, 6.07) is 15.4. The van der Waals surface area contributed by atoms with Crippen molar-refractivity contribution in [3.8, 4) is 11.8 Å². The second-order valence-corrected chi connectivity index (χ2v) is 6.32. The van der Waals surface area contributed by atoms with Crippen molar-refractivity contribution in [2.75, 3.05) is 7.11 Å². The molecule has 3 aromatic rings. The minimum Gasteiger partial charge on any atom is -0.497 e. The average Bonchev–Trinajstić information content (AvgIpc) is 2.72. The summed E-state index contributed by atoms with van der Waals surface area (Å²) in [6.07, 6.45) is 1.49. The van der Waals surface area contributed by atoms with E-state index in [4.69, 9.17) is 21.6 Å². The van der Waals surface area contributed by atoms with Crippen molar-refractivity contribution in [2.45, 2.75) is 6.04 Å². The highest BCUT2D eigenvalue weighted by Gasteiger charge is 2.20. The van der Waals surface area contributed by atoms with Gasteiger partial charge in [0.2, 0.25) is 0 Å². The molecule has 0 aliphatic carbocycles. The van der Waals surface area contributed by atoms with Crippen LogP contribution in [0.15, 0.2) is 60.8 Å². The van der Waals surface area contributed by atoms with Gasteiger partial charge in [0, 0.05) is 11.8 Å². The number of amides is 1. The number of nitrogens with zero attached hydrogens (tertiary/aromatic N) is 2. The lowest BCUT2D eigenvalue weighted by Gasteiger charge is -2.19. The summed E-state index contributed by atoms with van der Waals surface area (Å²) in [6.45, 7) is 0. The monoisotopic (exact) mass is 395 g/mol. The molecule has 0 saturated carbocycles. The van der Waals surface area contributed by atoms with Crippen LogP contribution in [0.4, 0.5) is 4.39 Å². The molecular weight excluding hydrogens is 381 g/mol. The molecule has 0 aliphatic rings. The highest BCUT2D eigenvalue weighted by atomic mass is 35.5. The fourth-order valence-corrected chi connectivity index (χ4v) is 2.76. The molecule has 0 fully saturated rings. The summed E-state index contributed by atoms with van der Waals surface area (Å²) >= 11 is 5.92. The molecule has 0 unspecified atom stereocenters. The second kappa shape index (κ2) is 8.51. The number of benzene rings is 2. The van der Waals surface area contributed by atoms with Crippen LogP contribution < -0.4 is 10.1 Å². The molecule has 1 aromatic heterocycles. The van der Waals surface area contributed by atoms with Crippen molar-refractivity contribution in [3.05, 3.63) is 94.0 Å². The number of aromatic nitrogens is 1. The van der Waals surface area contributed by atoms with Crippen LogP contribution in [-0.2, 0) is 0 Å². The topological polar surface area (TPSA) is 75.0 Å². The number of carbonyl (C=O) groups excluding carboxylic acids is 1. The Morgan fingerprint density at radius 1 is 1.21 bits per heavy atom. The Morgan fingerprint density at radius 3 is 2.54 bits per heavy atom. The van der Waals surface area contributed by atoms with Crippen LogP contribution in [0.5, 0.6) is 5.75 Å². The fourth-order valence-electron chi connectivity index (χ4n) is 2.64. The van der Waals surface area contributed by atoms with E-state index in [0.29, 0.717) is 16.5 Å². The van der Waals surface area contributed by atoms with Gasteiger partial charge in [0.25, 0.3) is 5.91 Å². The van der Waals surface area contributed by atoms with E-state index in [1.165, 1.54) is 18.3 Å². The van der Waals surface area contributed by atoms with Crippen LogP contribution >= 0.6 is 11.6 Å². The van der Waals surface area contributed by atoms with Crippen LogP contribution in [0.3, 0.4) is 0 Å². The van der Waals surface area contributed by atoms with E-state index in [1.54, 1.807) is 49.6 Å². The lowest BCUT2D eigenvalue weighted by Crippen LogP contribution is -2.30. The first-order valence-corrected chi connectivity index (χ1v) is 8.65. The molecule has 7 heteroatoms. The van der Waals surface area contributed by atoms with Gasteiger partial charge in [-0.2, -0.15) is 5.26 Å². The Labute approximate surface area is 166 Å². The molecule has 0 radical (unpaired) electrons. The highest BCUT2D eigenvalue weighted by molar-refractivity contribution is 6.30. The molecule has 0 saturated heterocycles. The Hall–Kier alpha value is -3.43. The van der Waals surface area contributed by atoms with Gasteiger partial charge in [-0.15, -0.1) is 0 Å². The number of halogens is 2. The van der Waals surface area contributed by atoms with Crippen molar-refractivity contribution in [3.63, 3.8) is 0 Å². The maximum absolute atomic E-state index is 13.9. The summed E-state index contributed by atoms with van der Waals surface area (Å²) in [5.41, 5.74) is 1.31. The average molecular weight is 396 g/mol. The lowest BCUT2D eigenvalue weighted by atomic mass is 10.0. The third-order valence-electron chi connectivity index (χ3n) is 4.12. The van der Waals surface area contributed by atoms with Gasteiger partial charge in [-0.3, -0.25) is 9.78 Å². The number of methoxy groups -OCH3 is 1. The number of nitrogens with one attached hydrogen (secondary N) is 1. The number of ether oxygens (including phenoxy) is 1. The molecule has 1 N–H and O–H groups in total. The molecule has 28 heavy (non-hydrogen) atoms. The van der Waals surface area contributed by atoms with Gasteiger partial charge < -0.3 is 10.1 Å². The van der Waals surface area contributed by atoms with Crippen LogP contribution in [-0.4, -0.2) is 18.0 Å². The lowest BCUT2D eigenvalue weighted by molar-refractivity contribution is 0.0942. The first-order chi connectivity index (χ1) is 13.5. The molecule has 0 bridgehead atoms. The van der Waals surface area contributed by atoms with Crippen molar-refractivity contribution in [1.82, 2.24) is 10.3 Å². The van der Waals surface area contributed by atoms with Crippen LogP contribution in [0.1, 0.15) is 33.2 Å². The van der Waals surface area contributed by atoms with Gasteiger partial charge in [-0.1, -0.05) is 23.7 Å². The van der Waals surface area contributed by atoms with Crippen LogP contribution in [0.2, 0.25) is 5.02 Å². The minimum atomic E-state index is -0.749. The molecule has 3 rings (SSSR count). The third kappa shape index (κ3) is 4.27. The number of pyridine rings is 1. The third-order valence-corrected chi connectivity index (χ3v) is 4.35. The summed E-state index contributed by atoms with van der Waals surface area (Å²) in [4.78, 5) is 17.0. The van der Waals surface area contributed by atoms with Gasteiger partial charge in [-0.05, 0) is 48.0 Å². The molecule has 5 nitrogen and oxygen atoms in total. The number of hydrogen-bond acceptors (Lipinski definition) is 4. The van der Waals surface area contributed by atoms with Gasteiger partial charge in [0.1, 0.15) is 17.6 Å². The molecule has 140 valence electrons. The van der Waals surface area contributed by atoms with Gasteiger partial charge in [0.15, 0.2) is 0 Å². The zero-order valence-electron chi connectivity index (χ0n) is 14.8. The van der Waals surface area contributed by atoms with Crippen molar-refractivity contribution < 1.29 is 13.9 Å². The van der Waals surface area contributed by atoms with Gasteiger partial charge >= 0.3 is 0 Å². The number of carbonyl (C=O) groups is 1. The van der Waals surface area contributed by atoms with Gasteiger partial charge in [0.05, 0.1) is 29.4 Å². The zero-order chi connectivity index (χ0) is 20.1. The molecular formula is C21H15ClFN3O2. The first-order valence-electron chi connectivity index (χ1n) is 8.27. The fraction of sp³-hybridized carbons (Fsp3) is 0.0952. The van der Waals surface area contributed by atoms with E-state index < -0.39 is 17.8 Å². The molecule has 0 spiro atoms. The molecule has 0 aliphatic heterocycles. The standard InChI is InChI=1S/C21H15ClFN3O2/c1-28-17-7-4-13(5-8-17)20(19-9-6-16(22)12-25-19)26-21(27)14-2-3-15(11-24)18(23)10-14/h2-10,12,20H,1H3,(H,26,27)/t20-/m0/s1. The second-order valence-electron chi connectivity index (χ2n) is 5.89. The van der Waals surface area contributed by atoms with Gasteiger partial charge in [-0.25, -0.2) is 4.39 Å². The summed E-state index contributed by atoms with van der Waals surface area (Å²) in [5, 5.41) is 12.2. The normalized spacial score (nSPS) is 11.4. The Kier molecular flexibility index (Phi) is 5.87. The first kappa shape index (κ1) is 19.3. The largest absolute Gasteiger partial charge is 0.497 e. The van der Waals surface area contributed by atoms with E-state index in [2.05, 4.69) is 10.3 Å². The summed E-state index contributed by atoms with van der Waals surface area (Å²) < 4.78 is 19.0. The minimum absolute atomic E-state index is 0.101. The zero-order valence-corrected chi connectivity index (χ0v) is 15.6. The quantitative estimate of drug-likeness (QED) is 0.699. The highest BCUT2D eigenvalue weighted by Crippen LogP contribution is 2.24. The van der Waals surface area contributed by atoms with E-state index in [-0.39, 0.29) is 11.1 Å². The van der Waals surface area contributed by atoms with E-state index in [1.807, 2.05) is 0 Å². The van der Waals surface area contributed by atoms with Crippen LogP contribution in [0.25, 0.3) is 0 Å². The van der Waals surface area contributed by atoms with Crippen LogP contribution in [0, 0.1) is 17.1 Å². The molecule has 2 aromatic carbocycles. The number of hydrogen-bond donors (Lipinski definition) is 1. The summed E-state index contributed by atoms with van der Waals surface area (Å²) in [7, 11) is 1.56. The van der Waals surface area contributed by atoms with Crippen molar-refractivity contribution in [1.29, 1.82) is 5.26 Å². The predicted octanol–water partition coefficient (Wildman–Crippen LogP) is 4.27.